The van der Waals surface area contributed by atoms with Crippen LogP contribution in [0.1, 0.15) is 39.0 Å². The highest BCUT2D eigenvalue weighted by Crippen LogP contribution is 2.37. The number of allylic oxidation sites excluding steroid dienone is 1. The molecule has 0 radical (unpaired) electrons. The number of hydrogen-bond donors (Lipinski definition) is 2. The number of rotatable bonds is 10. The maximum absolute atomic E-state index is 12.0. The Kier molecular flexibility index (Phi) is 7.08. The smallest absolute Gasteiger partial charge is 0.383 e. The Morgan fingerprint density at radius 2 is 2.08 bits per heavy atom. The lowest BCUT2D eigenvalue weighted by molar-refractivity contribution is -0.139. The van der Waals surface area contributed by atoms with Crippen LogP contribution in [-0.4, -0.2) is 22.8 Å². The fourth-order valence-electron chi connectivity index (χ4n) is 2.42. The number of ether oxygens (including phenoxy) is 2. The third-order valence-corrected chi connectivity index (χ3v) is 3.69. The van der Waals surface area contributed by atoms with Crippen LogP contribution < -0.4 is 15.1 Å². The van der Waals surface area contributed by atoms with Gasteiger partial charge in [0.2, 0.25) is 0 Å². The average molecular weight is 362 g/mol. The molecule has 0 aliphatic rings. The van der Waals surface area contributed by atoms with E-state index in [1.54, 1.807) is 6.08 Å². The molecule has 140 valence electrons. The zero-order chi connectivity index (χ0) is 18.9. The maximum atomic E-state index is 12.0. The monoisotopic (exact) mass is 362 g/mol. The van der Waals surface area contributed by atoms with Gasteiger partial charge in [-0.2, -0.15) is 0 Å². The van der Waals surface area contributed by atoms with Crippen LogP contribution in [0.3, 0.4) is 0 Å². The predicted molar refractivity (Wildman–Crippen MR) is 95.8 cm³/mol. The number of aromatic hydroxyl groups is 1. The van der Waals surface area contributed by atoms with E-state index in [-0.39, 0.29) is 22.5 Å². The molecule has 1 aromatic heterocycles. The Morgan fingerprint density at radius 1 is 1.27 bits per heavy atom. The molecule has 0 saturated heterocycles. The summed E-state index contributed by atoms with van der Waals surface area (Å²) in [5.74, 6) is -1.90. The highest BCUT2D eigenvalue weighted by molar-refractivity contribution is 5.91. The third kappa shape index (κ3) is 5.02. The van der Waals surface area contributed by atoms with Crippen molar-refractivity contribution in [2.24, 2.45) is 0 Å². The van der Waals surface area contributed by atoms with Crippen molar-refractivity contribution in [2.75, 3.05) is 6.61 Å². The van der Waals surface area contributed by atoms with E-state index in [4.69, 9.17) is 19.0 Å². The molecule has 26 heavy (non-hydrogen) atoms. The number of carboxylic acid groups (broad SMARTS) is 1. The second-order valence-corrected chi connectivity index (χ2v) is 5.72. The summed E-state index contributed by atoms with van der Waals surface area (Å²) >= 11 is 0. The maximum Gasteiger partial charge on any atom is 0.383 e. The van der Waals surface area contributed by atoms with Crippen LogP contribution in [0, 0.1) is 0 Å². The van der Waals surface area contributed by atoms with E-state index in [0.29, 0.717) is 0 Å². The van der Waals surface area contributed by atoms with E-state index < -0.39 is 24.0 Å². The van der Waals surface area contributed by atoms with E-state index in [1.165, 1.54) is 30.9 Å². The first-order valence-electron chi connectivity index (χ1n) is 8.49. The van der Waals surface area contributed by atoms with Crippen LogP contribution in [0.4, 0.5) is 0 Å². The molecule has 0 aliphatic carbocycles. The van der Waals surface area contributed by atoms with Crippen LogP contribution in [0.25, 0.3) is 11.0 Å². The zero-order valence-corrected chi connectivity index (χ0v) is 14.6. The molecule has 0 spiro atoms. The molecule has 0 aliphatic heterocycles. The first-order valence-corrected chi connectivity index (χ1v) is 8.49. The van der Waals surface area contributed by atoms with Gasteiger partial charge in [-0.1, -0.05) is 32.3 Å². The standard InChI is InChI=1S/C19H22O7/c1-2-3-4-5-6-7-11-24-18-17(22)16-13(25-12-15(20)21)9-8-10-14(16)26-19(18)23/h7-11,22H,2-6,12H2,1H3,(H,20,21)/b11-7+. The molecule has 2 aromatic rings. The van der Waals surface area contributed by atoms with Crippen molar-refractivity contribution in [3.8, 4) is 17.2 Å². The number of unbranched alkanes of at least 4 members (excludes halogenated alkanes) is 4. The molecule has 7 nitrogen and oxygen atoms in total. The van der Waals surface area contributed by atoms with Crippen molar-refractivity contribution in [1.29, 1.82) is 0 Å². The van der Waals surface area contributed by atoms with Gasteiger partial charge in [0.25, 0.3) is 5.75 Å². The topological polar surface area (TPSA) is 106 Å². The number of carbonyl (C=O) groups is 1. The summed E-state index contributed by atoms with van der Waals surface area (Å²) in [6.07, 6.45) is 8.36. The normalized spacial score (nSPS) is 11.1. The molecule has 7 heteroatoms. The lowest BCUT2D eigenvalue weighted by Crippen LogP contribution is -2.10. The molecule has 1 heterocycles. The van der Waals surface area contributed by atoms with Crippen molar-refractivity contribution in [1.82, 2.24) is 0 Å². The SMILES string of the molecule is CCCCCC/C=C/Oc1c(O)c2c(OCC(=O)O)cccc2oc1=O. The van der Waals surface area contributed by atoms with Gasteiger partial charge in [0, 0.05) is 0 Å². The number of aliphatic carboxylic acids is 1. The minimum atomic E-state index is -1.17. The number of carboxylic acids is 1. The van der Waals surface area contributed by atoms with Gasteiger partial charge in [-0.05, 0) is 31.1 Å². The summed E-state index contributed by atoms with van der Waals surface area (Å²) in [5, 5.41) is 19.2. The van der Waals surface area contributed by atoms with Gasteiger partial charge in [0.05, 0.1) is 6.26 Å². The fourth-order valence-corrected chi connectivity index (χ4v) is 2.42. The summed E-state index contributed by atoms with van der Waals surface area (Å²) in [5.41, 5.74) is -0.757. The Balaban J connectivity index is 2.21. The highest BCUT2D eigenvalue weighted by atomic mass is 16.5. The van der Waals surface area contributed by atoms with Gasteiger partial charge in [0.1, 0.15) is 16.7 Å². The molecule has 0 fully saturated rings. The molecule has 2 rings (SSSR count). The van der Waals surface area contributed by atoms with E-state index >= 15 is 0 Å². The highest BCUT2D eigenvalue weighted by Gasteiger charge is 2.19. The number of hydrogen-bond acceptors (Lipinski definition) is 6. The lowest BCUT2D eigenvalue weighted by atomic mass is 10.1. The molecule has 0 amide bonds. The Labute approximate surface area is 150 Å². The Hall–Kier alpha value is -2.96. The summed E-state index contributed by atoms with van der Waals surface area (Å²) in [6.45, 7) is 1.54. The molecule has 0 atom stereocenters. The molecule has 1 aromatic carbocycles. The average Bonchev–Trinajstić information content (AvgIpc) is 2.61. The van der Waals surface area contributed by atoms with E-state index in [2.05, 4.69) is 6.92 Å². The number of benzene rings is 1. The van der Waals surface area contributed by atoms with Gasteiger partial charge >= 0.3 is 11.6 Å². The van der Waals surface area contributed by atoms with Crippen LogP contribution in [0.2, 0.25) is 0 Å². The fraction of sp³-hybridized carbons (Fsp3) is 0.368. The molecule has 0 saturated carbocycles. The molecular formula is C19H22O7. The van der Waals surface area contributed by atoms with E-state index in [1.807, 2.05) is 0 Å². The van der Waals surface area contributed by atoms with Gasteiger partial charge in [-0.25, -0.2) is 9.59 Å². The van der Waals surface area contributed by atoms with E-state index in [0.717, 1.165) is 25.7 Å². The van der Waals surface area contributed by atoms with Crippen molar-refractivity contribution in [2.45, 2.75) is 39.0 Å². The Morgan fingerprint density at radius 3 is 2.81 bits per heavy atom. The summed E-state index contributed by atoms with van der Waals surface area (Å²) in [4.78, 5) is 22.7. The van der Waals surface area contributed by atoms with Crippen LogP contribution in [0.5, 0.6) is 17.2 Å². The van der Waals surface area contributed by atoms with Crippen LogP contribution in [-0.2, 0) is 4.79 Å². The second kappa shape index (κ2) is 9.50. The third-order valence-electron chi connectivity index (χ3n) is 3.69. The minimum absolute atomic E-state index is 0.0753. The van der Waals surface area contributed by atoms with Crippen LogP contribution >= 0.6 is 0 Å². The van der Waals surface area contributed by atoms with Gasteiger partial charge in [-0.15, -0.1) is 0 Å². The zero-order valence-electron chi connectivity index (χ0n) is 14.6. The molecule has 0 unspecified atom stereocenters. The first-order chi connectivity index (χ1) is 12.5. The van der Waals surface area contributed by atoms with E-state index in [9.17, 15) is 14.7 Å². The largest absolute Gasteiger partial charge is 0.503 e. The predicted octanol–water partition coefficient (Wildman–Crippen LogP) is 3.82. The lowest BCUT2D eigenvalue weighted by Gasteiger charge is -2.10. The quantitative estimate of drug-likeness (QED) is 0.376. The van der Waals surface area contributed by atoms with Crippen molar-refractivity contribution in [3.63, 3.8) is 0 Å². The number of fused-ring (bicyclic) bond motifs is 1. The molecule has 0 bridgehead atoms. The van der Waals surface area contributed by atoms with Gasteiger partial charge in [0.15, 0.2) is 12.4 Å². The second-order valence-electron chi connectivity index (χ2n) is 5.72. The summed E-state index contributed by atoms with van der Waals surface area (Å²) in [6, 6.07) is 4.47. The van der Waals surface area contributed by atoms with Gasteiger partial charge < -0.3 is 24.1 Å². The minimum Gasteiger partial charge on any atom is -0.503 e. The first kappa shape index (κ1) is 19.4. The summed E-state index contributed by atoms with van der Waals surface area (Å²) in [7, 11) is 0. The Bertz CT molecular complexity index is 836. The van der Waals surface area contributed by atoms with Crippen molar-refractivity contribution in [3.05, 3.63) is 41.0 Å². The van der Waals surface area contributed by atoms with Crippen molar-refractivity contribution >= 4 is 16.9 Å². The van der Waals surface area contributed by atoms with Crippen molar-refractivity contribution < 1.29 is 28.9 Å². The molecular weight excluding hydrogens is 340 g/mol. The summed E-state index contributed by atoms with van der Waals surface area (Å²) < 4.78 is 15.5. The molecule has 2 N–H and O–H groups in total. The van der Waals surface area contributed by atoms with Gasteiger partial charge in [-0.3, -0.25) is 0 Å². The van der Waals surface area contributed by atoms with Crippen LogP contribution in [0.15, 0.2) is 39.7 Å².